The summed E-state index contributed by atoms with van der Waals surface area (Å²) < 4.78 is 0.865. The molecule has 0 spiro atoms. The average molecular weight is 367 g/mol. The molecule has 0 atom stereocenters. The van der Waals surface area contributed by atoms with E-state index in [2.05, 4.69) is 22.9 Å². The molecule has 0 unspecified atom stereocenters. The second-order valence-corrected chi connectivity index (χ2v) is 6.79. The van der Waals surface area contributed by atoms with E-state index in [1.54, 1.807) is 4.90 Å². The second kappa shape index (κ2) is 7.77. The Balaban J connectivity index is 1.96. The highest BCUT2D eigenvalue weighted by Crippen LogP contribution is 2.26. The van der Waals surface area contributed by atoms with Gasteiger partial charge in [-0.05, 0) is 46.8 Å². The number of likely N-dealkylation sites (tertiary alicyclic amines) is 1. The summed E-state index contributed by atoms with van der Waals surface area (Å²) in [5.74, 6) is 0.801. The Kier molecular flexibility index (Phi) is 6.00. The van der Waals surface area contributed by atoms with Crippen molar-refractivity contribution < 1.29 is 9.59 Å². The third-order valence-corrected chi connectivity index (χ3v) is 4.88. The summed E-state index contributed by atoms with van der Waals surface area (Å²) in [6.07, 6.45) is 2.52. The Morgan fingerprint density at radius 1 is 1.27 bits per heavy atom. The van der Waals surface area contributed by atoms with Gasteiger partial charge in [-0.25, -0.2) is 0 Å². The molecule has 1 aliphatic rings. The number of nitrogens with zero attached hydrogens (tertiary/aromatic N) is 2. The van der Waals surface area contributed by atoms with Gasteiger partial charge in [0.25, 0.3) is 0 Å². The molecule has 4 nitrogen and oxygen atoms in total. The molecular formula is C17H23BrN2O2. The summed E-state index contributed by atoms with van der Waals surface area (Å²) in [5.41, 5.74) is 0.815. The van der Waals surface area contributed by atoms with Gasteiger partial charge in [-0.1, -0.05) is 19.1 Å². The van der Waals surface area contributed by atoms with Gasteiger partial charge in [-0.2, -0.15) is 0 Å². The molecule has 22 heavy (non-hydrogen) atoms. The lowest BCUT2D eigenvalue weighted by Crippen LogP contribution is -2.40. The predicted octanol–water partition coefficient (Wildman–Crippen LogP) is 3.45. The molecule has 2 rings (SSSR count). The van der Waals surface area contributed by atoms with Gasteiger partial charge in [0, 0.05) is 37.5 Å². The van der Waals surface area contributed by atoms with Crippen LogP contribution in [0.15, 0.2) is 28.7 Å². The van der Waals surface area contributed by atoms with Crippen molar-refractivity contribution in [2.45, 2.75) is 33.1 Å². The van der Waals surface area contributed by atoms with E-state index in [1.807, 2.05) is 29.2 Å². The number of amides is 2. The zero-order valence-electron chi connectivity index (χ0n) is 13.2. The van der Waals surface area contributed by atoms with Crippen molar-refractivity contribution in [3.8, 4) is 0 Å². The molecule has 1 heterocycles. The topological polar surface area (TPSA) is 40.6 Å². The molecule has 120 valence electrons. The van der Waals surface area contributed by atoms with Gasteiger partial charge >= 0.3 is 0 Å². The minimum Gasteiger partial charge on any atom is -0.343 e. The number of halogens is 1. The van der Waals surface area contributed by atoms with Crippen LogP contribution in [0.25, 0.3) is 0 Å². The van der Waals surface area contributed by atoms with E-state index >= 15 is 0 Å². The molecule has 0 aliphatic carbocycles. The van der Waals surface area contributed by atoms with E-state index in [1.165, 1.54) is 6.92 Å². The largest absolute Gasteiger partial charge is 0.343 e. The van der Waals surface area contributed by atoms with Crippen LogP contribution in [0.1, 0.15) is 33.1 Å². The number of para-hydroxylation sites is 1. The Hall–Kier alpha value is -1.36. The Morgan fingerprint density at radius 2 is 1.91 bits per heavy atom. The van der Waals surface area contributed by atoms with Crippen LogP contribution in [0.3, 0.4) is 0 Å². The SMILES string of the molecule is CC(=O)N(CCC(=O)N1CCC(C)CC1)c1ccccc1Br. The predicted molar refractivity (Wildman–Crippen MR) is 91.8 cm³/mol. The fourth-order valence-electron chi connectivity index (χ4n) is 2.74. The van der Waals surface area contributed by atoms with Gasteiger partial charge in [0.15, 0.2) is 0 Å². The van der Waals surface area contributed by atoms with Crippen molar-refractivity contribution in [1.82, 2.24) is 4.90 Å². The highest BCUT2D eigenvalue weighted by Gasteiger charge is 2.22. The van der Waals surface area contributed by atoms with E-state index in [0.717, 1.165) is 36.1 Å². The lowest BCUT2D eigenvalue weighted by molar-refractivity contribution is -0.132. The summed E-state index contributed by atoms with van der Waals surface area (Å²) in [6.45, 7) is 5.87. The molecule has 1 aromatic rings. The number of carbonyl (C=O) groups is 2. The molecule has 0 N–H and O–H groups in total. The summed E-state index contributed by atoms with van der Waals surface area (Å²) in [4.78, 5) is 27.8. The number of piperidine rings is 1. The van der Waals surface area contributed by atoms with Crippen LogP contribution < -0.4 is 4.90 Å². The number of benzene rings is 1. The summed E-state index contributed by atoms with van der Waals surface area (Å²) >= 11 is 3.47. The first-order chi connectivity index (χ1) is 10.5. The maximum absolute atomic E-state index is 12.3. The minimum absolute atomic E-state index is 0.0491. The van der Waals surface area contributed by atoms with Crippen molar-refractivity contribution in [2.24, 2.45) is 5.92 Å². The molecule has 5 heteroatoms. The van der Waals surface area contributed by atoms with Gasteiger partial charge < -0.3 is 9.80 Å². The molecule has 1 saturated heterocycles. The zero-order valence-corrected chi connectivity index (χ0v) is 14.8. The fraction of sp³-hybridized carbons (Fsp3) is 0.529. The molecule has 1 fully saturated rings. The number of anilines is 1. The lowest BCUT2D eigenvalue weighted by Gasteiger charge is -2.31. The standard InChI is InChI=1S/C17H23BrN2O2/c1-13-7-10-19(11-8-13)17(22)9-12-20(14(2)21)16-6-4-3-5-15(16)18/h3-6,13H,7-12H2,1-2H3. The van der Waals surface area contributed by atoms with Crippen LogP contribution in [0, 0.1) is 5.92 Å². The van der Waals surface area contributed by atoms with E-state index in [0.29, 0.717) is 18.9 Å². The minimum atomic E-state index is -0.0491. The van der Waals surface area contributed by atoms with Crippen molar-refractivity contribution in [3.05, 3.63) is 28.7 Å². The average Bonchev–Trinajstić information content (AvgIpc) is 2.49. The molecule has 0 bridgehead atoms. The van der Waals surface area contributed by atoms with Crippen molar-refractivity contribution in [1.29, 1.82) is 0 Å². The van der Waals surface area contributed by atoms with Crippen molar-refractivity contribution in [2.75, 3.05) is 24.5 Å². The zero-order chi connectivity index (χ0) is 16.1. The molecule has 0 aromatic heterocycles. The smallest absolute Gasteiger partial charge is 0.224 e. The van der Waals surface area contributed by atoms with Gasteiger partial charge in [-0.15, -0.1) is 0 Å². The van der Waals surface area contributed by atoms with Crippen molar-refractivity contribution >= 4 is 33.4 Å². The van der Waals surface area contributed by atoms with E-state index in [9.17, 15) is 9.59 Å². The first-order valence-electron chi connectivity index (χ1n) is 7.79. The Morgan fingerprint density at radius 3 is 2.50 bits per heavy atom. The summed E-state index contributed by atoms with van der Waals surface area (Å²) in [7, 11) is 0. The van der Waals surface area contributed by atoms with Crippen LogP contribution in [-0.2, 0) is 9.59 Å². The lowest BCUT2D eigenvalue weighted by atomic mass is 9.99. The van der Waals surface area contributed by atoms with E-state index in [-0.39, 0.29) is 11.8 Å². The summed E-state index contributed by atoms with van der Waals surface area (Å²) in [5, 5.41) is 0. The molecule has 0 radical (unpaired) electrons. The highest BCUT2D eigenvalue weighted by atomic mass is 79.9. The van der Waals surface area contributed by atoms with E-state index < -0.39 is 0 Å². The molecule has 0 saturated carbocycles. The molecule has 1 aromatic carbocycles. The Bertz CT molecular complexity index is 539. The van der Waals surface area contributed by atoms with Gasteiger partial charge in [0.2, 0.25) is 11.8 Å². The Labute approximate surface area is 140 Å². The fourth-order valence-corrected chi connectivity index (χ4v) is 3.24. The summed E-state index contributed by atoms with van der Waals surface area (Å²) in [6, 6.07) is 7.59. The molecular weight excluding hydrogens is 344 g/mol. The first kappa shape index (κ1) is 17.0. The van der Waals surface area contributed by atoms with Gasteiger partial charge in [0.1, 0.15) is 0 Å². The second-order valence-electron chi connectivity index (χ2n) is 5.94. The van der Waals surface area contributed by atoms with Gasteiger partial charge in [-0.3, -0.25) is 9.59 Å². The van der Waals surface area contributed by atoms with Crippen LogP contribution in [-0.4, -0.2) is 36.3 Å². The van der Waals surface area contributed by atoms with Crippen LogP contribution >= 0.6 is 15.9 Å². The van der Waals surface area contributed by atoms with Crippen LogP contribution in [0.5, 0.6) is 0 Å². The first-order valence-corrected chi connectivity index (χ1v) is 8.58. The monoisotopic (exact) mass is 366 g/mol. The molecule has 2 amide bonds. The van der Waals surface area contributed by atoms with Crippen LogP contribution in [0.2, 0.25) is 0 Å². The third kappa shape index (κ3) is 4.32. The maximum atomic E-state index is 12.3. The number of rotatable bonds is 4. The highest BCUT2D eigenvalue weighted by molar-refractivity contribution is 9.10. The number of hydrogen-bond donors (Lipinski definition) is 0. The van der Waals surface area contributed by atoms with Crippen molar-refractivity contribution in [3.63, 3.8) is 0 Å². The number of hydrogen-bond acceptors (Lipinski definition) is 2. The quantitative estimate of drug-likeness (QED) is 0.818. The molecule has 1 aliphatic heterocycles. The van der Waals surface area contributed by atoms with E-state index in [4.69, 9.17) is 0 Å². The normalized spacial score (nSPS) is 15.7. The third-order valence-electron chi connectivity index (χ3n) is 4.21. The van der Waals surface area contributed by atoms with Gasteiger partial charge in [0.05, 0.1) is 5.69 Å². The number of carbonyl (C=O) groups excluding carboxylic acids is 2. The maximum Gasteiger partial charge on any atom is 0.224 e. The van der Waals surface area contributed by atoms with Crippen LogP contribution in [0.4, 0.5) is 5.69 Å².